The fourth-order valence-electron chi connectivity index (χ4n) is 3.08. The van der Waals surface area contributed by atoms with Gasteiger partial charge in [-0.3, -0.25) is 4.79 Å². The Morgan fingerprint density at radius 1 is 1.08 bits per heavy atom. The molecule has 4 rings (SSSR count). The number of rotatable bonds is 3. The molecule has 0 atom stereocenters. The first-order valence-corrected chi connectivity index (χ1v) is 8.23. The minimum Gasteiger partial charge on any atom is -0.496 e. The van der Waals surface area contributed by atoms with Gasteiger partial charge < -0.3 is 18.6 Å². The quantitative estimate of drug-likeness (QED) is 0.727. The molecule has 128 valence electrons. The molecule has 1 aliphatic heterocycles. The summed E-state index contributed by atoms with van der Waals surface area (Å²) in [5, 5.41) is 0.546. The van der Waals surface area contributed by atoms with Crippen LogP contribution in [0.4, 0.5) is 0 Å². The van der Waals surface area contributed by atoms with Gasteiger partial charge in [-0.2, -0.15) is 0 Å². The molecule has 0 saturated carbocycles. The summed E-state index contributed by atoms with van der Waals surface area (Å²) in [6, 6.07) is 9.09. The summed E-state index contributed by atoms with van der Waals surface area (Å²) in [5.74, 6) is 2.07. The summed E-state index contributed by atoms with van der Waals surface area (Å²) in [6.07, 6.45) is 2.26. The maximum atomic E-state index is 13.0. The molecule has 1 aliphatic rings. The van der Waals surface area contributed by atoms with E-state index in [0.717, 1.165) is 23.3 Å². The molecule has 1 aromatic heterocycles. The third-order valence-corrected chi connectivity index (χ3v) is 4.41. The van der Waals surface area contributed by atoms with E-state index in [0.29, 0.717) is 41.2 Å². The third kappa shape index (κ3) is 2.61. The van der Waals surface area contributed by atoms with E-state index in [2.05, 4.69) is 0 Å². The van der Waals surface area contributed by atoms with Gasteiger partial charge in [0.1, 0.15) is 30.8 Å². The van der Waals surface area contributed by atoms with Crippen LogP contribution in [0.2, 0.25) is 0 Å². The lowest BCUT2D eigenvalue weighted by atomic mass is 10.0. The van der Waals surface area contributed by atoms with E-state index in [-0.39, 0.29) is 5.43 Å². The Bertz CT molecular complexity index is 1000. The molecule has 0 radical (unpaired) electrons. The largest absolute Gasteiger partial charge is 0.496 e. The summed E-state index contributed by atoms with van der Waals surface area (Å²) in [5.41, 5.74) is 2.66. The maximum absolute atomic E-state index is 13.0. The number of fused-ring (bicyclic) bond motifs is 2. The van der Waals surface area contributed by atoms with E-state index < -0.39 is 0 Å². The van der Waals surface area contributed by atoms with Gasteiger partial charge in [0.25, 0.3) is 0 Å². The highest BCUT2D eigenvalue weighted by atomic mass is 16.6. The van der Waals surface area contributed by atoms with Crippen LogP contribution in [0.5, 0.6) is 17.2 Å². The van der Waals surface area contributed by atoms with Crippen LogP contribution in [0, 0.1) is 0 Å². The fraction of sp³-hybridized carbons (Fsp3) is 0.250. The minimum atomic E-state index is -0.0738. The van der Waals surface area contributed by atoms with E-state index in [4.69, 9.17) is 18.6 Å². The molecule has 0 N–H and O–H groups in total. The third-order valence-electron chi connectivity index (χ3n) is 4.41. The number of aryl methyl sites for hydroxylation is 1. The highest BCUT2D eigenvalue weighted by molar-refractivity contribution is 5.84. The topological polar surface area (TPSA) is 57.9 Å². The van der Waals surface area contributed by atoms with Crippen molar-refractivity contribution in [2.75, 3.05) is 20.3 Å². The monoisotopic (exact) mass is 338 g/mol. The summed E-state index contributed by atoms with van der Waals surface area (Å²) in [7, 11) is 1.61. The van der Waals surface area contributed by atoms with Crippen molar-refractivity contribution in [3.8, 4) is 28.4 Å². The van der Waals surface area contributed by atoms with Gasteiger partial charge in [0.05, 0.1) is 18.1 Å². The van der Waals surface area contributed by atoms with E-state index in [1.165, 1.54) is 6.26 Å². The van der Waals surface area contributed by atoms with Crippen molar-refractivity contribution in [1.82, 2.24) is 0 Å². The highest BCUT2D eigenvalue weighted by Gasteiger charge is 2.16. The van der Waals surface area contributed by atoms with Crippen molar-refractivity contribution in [2.45, 2.75) is 13.3 Å². The molecule has 0 aliphatic carbocycles. The molecule has 0 amide bonds. The summed E-state index contributed by atoms with van der Waals surface area (Å²) >= 11 is 0. The number of benzene rings is 2. The molecule has 0 fully saturated rings. The van der Waals surface area contributed by atoms with Crippen LogP contribution in [0.15, 0.2) is 45.8 Å². The van der Waals surface area contributed by atoms with Crippen LogP contribution in [-0.4, -0.2) is 20.3 Å². The molecular weight excluding hydrogens is 320 g/mol. The normalized spacial score (nSPS) is 13.0. The Hall–Kier alpha value is -2.95. The van der Waals surface area contributed by atoms with Crippen molar-refractivity contribution in [2.24, 2.45) is 0 Å². The zero-order chi connectivity index (χ0) is 17.4. The van der Waals surface area contributed by atoms with Crippen LogP contribution < -0.4 is 19.6 Å². The number of hydrogen-bond acceptors (Lipinski definition) is 5. The maximum Gasteiger partial charge on any atom is 0.200 e. The van der Waals surface area contributed by atoms with Crippen LogP contribution >= 0.6 is 0 Å². The summed E-state index contributed by atoms with van der Waals surface area (Å²) in [6.45, 7) is 3.06. The average molecular weight is 338 g/mol. The van der Waals surface area contributed by atoms with Gasteiger partial charge in [0.2, 0.25) is 5.43 Å². The van der Waals surface area contributed by atoms with E-state index >= 15 is 0 Å². The van der Waals surface area contributed by atoms with Gasteiger partial charge in [-0.15, -0.1) is 0 Å². The minimum absolute atomic E-state index is 0.0738. The average Bonchev–Trinajstić information content (AvgIpc) is 2.67. The van der Waals surface area contributed by atoms with Crippen molar-refractivity contribution >= 4 is 11.0 Å². The van der Waals surface area contributed by atoms with Crippen LogP contribution in [0.3, 0.4) is 0 Å². The van der Waals surface area contributed by atoms with Crippen molar-refractivity contribution in [3.63, 3.8) is 0 Å². The van der Waals surface area contributed by atoms with Gasteiger partial charge in [-0.1, -0.05) is 13.0 Å². The smallest absolute Gasteiger partial charge is 0.200 e. The Kier molecular flexibility index (Phi) is 3.84. The van der Waals surface area contributed by atoms with Crippen LogP contribution in [0.1, 0.15) is 12.5 Å². The number of ether oxygens (including phenoxy) is 3. The zero-order valence-electron chi connectivity index (χ0n) is 14.1. The molecule has 5 nitrogen and oxygen atoms in total. The highest BCUT2D eigenvalue weighted by Crippen LogP contribution is 2.34. The molecule has 0 unspecified atom stereocenters. The first-order valence-electron chi connectivity index (χ1n) is 8.23. The number of hydrogen-bond donors (Lipinski definition) is 0. The lowest BCUT2D eigenvalue weighted by molar-refractivity contribution is 0.171. The van der Waals surface area contributed by atoms with Gasteiger partial charge in [-0.25, -0.2) is 0 Å². The van der Waals surface area contributed by atoms with Crippen LogP contribution in [-0.2, 0) is 6.42 Å². The predicted molar refractivity (Wildman–Crippen MR) is 94.8 cm³/mol. The second-order valence-corrected chi connectivity index (χ2v) is 5.85. The summed E-state index contributed by atoms with van der Waals surface area (Å²) < 4.78 is 22.2. The first-order chi connectivity index (χ1) is 12.2. The fourth-order valence-corrected chi connectivity index (χ4v) is 3.08. The second kappa shape index (κ2) is 6.16. The van der Waals surface area contributed by atoms with Gasteiger partial charge >= 0.3 is 0 Å². The van der Waals surface area contributed by atoms with E-state index in [1.807, 2.05) is 31.2 Å². The van der Waals surface area contributed by atoms with Gasteiger partial charge in [-0.05, 0) is 35.7 Å². The SMILES string of the molecule is CCc1cc2c(=O)c(-c3ccc4c(c3)OCCO4)coc2cc1OC. The van der Waals surface area contributed by atoms with E-state index in [1.54, 1.807) is 13.2 Å². The molecule has 3 aromatic rings. The molecule has 2 aromatic carbocycles. The van der Waals surface area contributed by atoms with Crippen molar-refractivity contribution < 1.29 is 18.6 Å². The first kappa shape index (κ1) is 15.6. The zero-order valence-corrected chi connectivity index (χ0v) is 14.1. The van der Waals surface area contributed by atoms with E-state index in [9.17, 15) is 4.79 Å². The van der Waals surface area contributed by atoms with Gasteiger partial charge in [0, 0.05) is 6.07 Å². The van der Waals surface area contributed by atoms with Crippen molar-refractivity contribution in [1.29, 1.82) is 0 Å². The molecule has 0 saturated heterocycles. The Balaban J connectivity index is 1.88. The Morgan fingerprint density at radius 2 is 1.88 bits per heavy atom. The molecule has 0 spiro atoms. The molecular formula is C20H18O5. The number of methoxy groups -OCH3 is 1. The predicted octanol–water partition coefficient (Wildman–Crippen LogP) is 3.80. The Labute approximate surface area is 144 Å². The second-order valence-electron chi connectivity index (χ2n) is 5.85. The Morgan fingerprint density at radius 3 is 2.64 bits per heavy atom. The molecule has 0 bridgehead atoms. The molecule has 2 heterocycles. The van der Waals surface area contributed by atoms with Crippen LogP contribution in [0.25, 0.3) is 22.1 Å². The standard InChI is InChI=1S/C20H18O5/c1-3-12-8-14-18(10-17(12)22-2)25-11-15(20(14)21)13-4-5-16-19(9-13)24-7-6-23-16/h4-5,8-11H,3,6-7H2,1-2H3. The van der Waals surface area contributed by atoms with Gasteiger partial charge in [0.15, 0.2) is 11.5 Å². The molecule has 25 heavy (non-hydrogen) atoms. The lowest BCUT2D eigenvalue weighted by Gasteiger charge is -2.18. The summed E-state index contributed by atoms with van der Waals surface area (Å²) in [4.78, 5) is 13.0. The molecule has 5 heteroatoms. The lowest BCUT2D eigenvalue weighted by Crippen LogP contribution is -2.15. The van der Waals surface area contributed by atoms with Crippen molar-refractivity contribution in [3.05, 3.63) is 52.4 Å².